The Hall–Kier alpha value is -2.34. The molecule has 6 nitrogen and oxygen atoms in total. The molecule has 0 saturated carbocycles. The Morgan fingerprint density at radius 2 is 1.90 bits per heavy atom. The van der Waals surface area contributed by atoms with Gasteiger partial charge in [-0.15, -0.1) is 0 Å². The van der Waals surface area contributed by atoms with Crippen LogP contribution in [0.3, 0.4) is 0 Å². The zero-order valence-corrected chi connectivity index (χ0v) is 17.5. The minimum atomic E-state index is -0.285. The predicted molar refractivity (Wildman–Crippen MR) is 115 cm³/mol. The highest BCUT2D eigenvalue weighted by Gasteiger charge is 2.51. The van der Waals surface area contributed by atoms with Crippen molar-refractivity contribution in [2.75, 3.05) is 19.7 Å². The van der Waals surface area contributed by atoms with Crippen LogP contribution in [-0.4, -0.2) is 53.7 Å². The largest absolute Gasteiger partial charge is 0.394 e. The number of aliphatic hydroxyl groups is 1. The minimum absolute atomic E-state index is 0.00357. The number of benzene rings is 1. The van der Waals surface area contributed by atoms with Crippen LogP contribution < -0.4 is 10.6 Å². The van der Waals surface area contributed by atoms with Crippen LogP contribution in [0, 0.1) is 0 Å². The lowest BCUT2D eigenvalue weighted by Gasteiger charge is -2.54. The zero-order chi connectivity index (χ0) is 20.8. The minimum Gasteiger partial charge on any atom is -0.394 e. The van der Waals surface area contributed by atoms with Crippen LogP contribution in [0.25, 0.3) is 5.57 Å². The van der Waals surface area contributed by atoms with Crippen molar-refractivity contribution in [3.63, 3.8) is 0 Å². The van der Waals surface area contributed by atoms with Gasteiger partial charge in [0, 0.05) is 25.4 Å². The van der Waals surface area contributed by atoms with E-state index >= 15 is 0 Å². The van der Waals surface area contributed by atoms with E-state index < -0.39 is 0 Å². The van der Waals surface area contributed by atoms with Crippen LogP contribution in [0.5, 0.6) is 0 Å². The third-order valence-electron chi connectivity index (χ3n) is 6.03. The first-order chi connectivity index (χ1) is 14.1. The fourth-order valence-corrected chi connectivity index (χ4v) is 4.44. The van der Waals surface area contributed by atoms with Gasteiger partial charge in [0.1, 0.15) is 0 Å². The summed E-state index contributed by atoms with van der Waals surface area (Å²) >= 11 is 0. The molecule has 1 aliphatic heterocycles. The SMILES string of the molecule is CCCNC(=O)N1[C@H](CO)[C@H](c2ccc(C3=CCCC3)cc2)[C@H]1CNC(=O)CC. The molecule has 1 aliphatic carbocycles. The van der Waals surface area contributed by atoms with Crippen molar-refractivity contribution in [3.8, 4) is 0 Å². The third-order valence-corrected chi connectivity index (χ3v) is 6.03. The number of hydrogen-bond acceptors (Lipinski definition) is 3. The molecule has 1 fully saturated rings. The summed E-state index contributed by atoms with van der Waals surface area (Å²) in [5, 5.41) is 15.8. The molecule has 1 saturated heterocycles. The molecule has 3 atom stereocenters. The van der Waals surface area contributed by atoms with E-state index in [1.54, 1.807) is 4.90 Å². The van der Waals surface area contributed by atoms with E-state index in [2.05, 4.69) is 41.0 Å². The van der Waals surface area contributed by atoms with Gasteiger partial charge in [0.15, 0.2) is 0 Å². The number of likely N-dealkylation sites (tertiary alicyclic amines) is 1. The molecule has 1 aromatic rings. The summed E-state index contributed by atoms with van der Waals surface area (Å²) in [7, 11) is 0. The van der Waals surface area contributed by atoms with Crippen LogP contribution in [0.1, 0.15) is 63.0 Å². The maximum atomic E-state index is 12.7. The summed E-state index contributed by atoms with van der Waals surface area (Å²) in [6.45, 7) is 4.70. The number of allylic oxidation sites excluding steroid dienone is 2. The number of aliphatic hydroxyl groups excluding tert-OH is 1. The van der Waals surface area contributed by atoms with Crippen LogP contribution >= 0.6 is 0 Å². The molecule has 3 amide bonds. The molecular weight excluding hydrogens is 366 g/mol. The quantitative estimate of drug-likeness (QED) is 0.628. The van der Waals surface area contributed by atoms with Gasteiger partial charge in [-0.3, -0.25) is 4.79 Å². The lowest BCUT2D eigenvalue weighted by molar-refractivity contribution is -0.121. The summed E-state index contributed by atoms with van der Waals surface area (Å²) in [4.78, 5) is 26.2. The second-order valence-corrected chi connectivity index (χ2v) is 7.88. The highest BCUT2D eigenvalue weighted by molar-refractivity contribution is 5.78. The maximum Gasteiger partial charge on any atom is 0.318 e. The molecule has 3 rings (SSSR count). The molecule has 2 aliphatic rings. The van der Waals surface area contributed by atoms with Gasteiger partial charge in [-0.1, -0.05) is 44.2 Å². The van der Waals surface area contributed by atoms with Gasteiger partial charge in [0.05, 0.1) is 18.7 Å². The van der Waals surface area contributed by atoms with Crippen molar-refractivity contribution in [1.82, 2.24) is 15.5 Å². The topological polar surface area (TPSA) is 81.7 Å². The molecule has 158 valence electrons. The number of nitrogens with zero attached hydrogens (tertiary/aromatic N) is 1. The predicted octanol–water partition coefficient (Wildman–Crippen LogP) is 3.03. The molecule has 6 heteroatoms. The van der Waals surface area contributed by atoms with Crippen molar-refractivity contribution in [2.45, 2.75) is 64.0 Å². The van der Waals surface area contributed by atoms with E-state index in [-0.39, 0.29) is 36.5 Å². The average Bonchev–Trinajstić information content (AvgIpc) is 3.26. The Kier molecular flexibility index (Phi) is 7.31. The molecule has 1 aromatic carbocycles. The molecule has 0 spiro atoms. The fraction of sp³-hybridized carbons (Fsp3) is 0.565. The van der Waals surface area contributed by atoms with E-state index in [0.717, 1.165) is 24.8 Å². The smallest absolute Gasteiger partial charge is 0.318 e. The van der Waals surface area contributed by atoms with Crippen molar-refractivity contribution >= 4 is 17.5 Å². The second-order valence-electron chi connectivity index (χ2n) is 7.88. The molecule has 0 unspecified atom stereocenters. The number of hydrogen-bond donors (Lipinski definition) is 3. The maximum absolute atomic E-state index is 12.7. The van der Waals surface area contributed by atoms with E-state index in [4.69, 9.17) is 0 Å². The highest BCUT2D eigenvalue weighted by atomic mass is 16.3. The van der Waals surface area contributed by atoms with Gasteiger partial charge in [0.2, 0.25) is 5.91 Å². The van der Waals surface area contributed by atoms with Gasteiger partial charge in [-0.25, -0.2) is 4.79 Å². The Morgan fingerprint density at radius 3 is 2.48 bits per heavy atom. The summed E-state index contributed by atoms with van der Waals surface area (Å²) in [5.74, 6) is -0.0372. The van der Waals surface area contributed by atoms with Gasteiger partial charge in [-0.2, -0.15) is 0 Å². The van der Waals surface area contributed by atoms with Gasteiger partial charge >= 0.3 is 6.03 Å². The lowest BCUT2D eigenvalue weighted by Crippen LogP contribution is -2.70. The number of nitrogens with one attached hydrogen (secondary N) is 2. The zero-order valence-electron chi connectivity index (χ0n) is 17.5. The fourth-order valence-electron chi connectivity index (χ4n) is 4.44. The Balaban J connectivity index is 1.79. The first-order valence-corrected chi connectivity index (χ1v) is 10.8. The Morgan fingerprint density at radius 1 is 1.14 bits per heavy atom. The van der Waals surface area contributed by atoms with E-state index in [9.17, 15) is 14.7 Å². The van der Waals surface area contributed by atoms with Gasteiger partial charge in [0.25, 0.3) is 0 Å². The standard InChI is InChI=1S/C23H33N3O3/c1-3-13-24-23(29)26-19(14-25-21(28)4-2)22(20(26)15-27)18-11-9-17(10-12-18)16-7-5-6-8-16/h7,9-12,19-20,22,27H,3-6,8,13-15H2,1-2H3,(H,24,29)(H,25,28)/t19-,20-,22-/m1/s1. The van der Waals surface area contributed by atoms with E-state index in [0.29, 0.717) is 19.5 Å². The molecular formula is C23H33N3O3. The van der Waals surface area contributed by atoms with Crippen molar-refractivity contribution in [2.24, 2.45) is 0 Å². The first-order valence-electron chi connectivity index (χ1n) is 10.8. The Labute approximate surface area is 173 Å². The van der Waals surface area contributed by atoms with Gasteiger partial charge < -0.3 is 20.6 Å². The van der Waals surface area contributed by atoms with Crippen LogP contribution in [0.2, 0.25) is 0 Å². The summed E-state index contributed by atoms with van der Waals surface area (Å²) in [5.41, 5.74) is 3.75. The van der Waals surface area contributed by atoms with E-state index in [1.165, 1.54) is 17.6 Å². The molecule has 1 heterocycles. The lowest BCUT2D eigenvalue weighted by atomic mass is 9.75. The highest BCUT2D eigenvalue weighted by Crippen LogP contribution is 2.41. The van der Waals surface area contributed by atoms with E-state index in [1.807, 2.05) is 13.8 Å². The number of rotatable bonds is 8. The second kappa shape index (κ2) is 9.92. The third kappa shape index (κ3) is 4.64. The molecule has 3 N–H and O–H groups in total. The van der Waals surface area contributed by atoms with Crippen LogP contribution in [0.4, 0.5) is 4.79 Å². The van der Waals surface area contributed by atoms with Crippen molar-refractivity contribution < 1.29 is 14.7 Å². The van der Waals surface area contributed by atoms with Crippen molar-refractivity contribution in [3.05, 3.63) is 41.5 Å². The number of carbonyl (C=O) groups is 2. The molecule has 0 aromatic heterocycles. The average molecular weight is 400 g/mol. The number of urea groups is 1. The molecule has 0 radical (unpaired) electrons. The van der Waals surface area contributed by atoms with Crippen molar-refractivity contribution in [1.29, 1.82) is 0 Å². The molecule has 0 bridgehead atoms. The van der Waals surface area contributed by atoms with Crippen LogP contribution in [-0.2, 0) is 4.79 Å². The summed E-state index contributed by atoms with van der Waals surface area (Å²) in [6, 6.07) is 7.87. The number of amides is 3. The number of carbonyl (C=O) groups excluding carboxylic acids is 2. The van der Waals surface area contributed by atoms with Gasteiger partial charge in [-0.05, 0) is 42.4 Å². The summed E-state index contributed by atoms with van der Waals surface area (Å²) in [6.07, 6.45) is 7.05. The molecule has 29 heavy (non-hydrogen) atoms. The monoisotopic (exact) mass is 399 g/mol. The summed E-state index contributed by atoms with van der Waals surface area (Å²) < 4.78 is 0. The first kappa shape index (κ1) is 21.4. The Bertz CT molecular complexity index is 744. The normalized spacial score (nSPS) is 23.3. The van der Waals surface area contributed by atoms with Crippen LogP contribution in [0.15, 0.2) is 30.3 Å².